The molecule has 3 aliphatic rings. The van der Waals surface area contributed by atoms with Gasteiger partial charge in [0.15, 0.2) is 0 Å². The van der Waals surface area contributed by atoms with Gasteiger partial charge in [0, 0.05) is 5.56 Å². The summed E-state index contributed by atoms with van der Waals surface area (Å²) in [6.07, 6.45) is 17.5. The minimum atomic E-state index is 0.172. The highest BCUT2D eigenvalue weighted by atomic mass is 16.5. The van der Waals surface area contributed by atoms with Gasteiger partial charge < -0.3 is 9.15 Å². The topological polar surface area (TPSA) is 22.4 Å². The van der Waals surface area contributed by atoms with Crippen LogP contribution >= 0.6 is 0 Å². The van der Waals surface area contributed by atoms with Gasteiger partial charge >= 0.3 is 0 Å². The zero-order chi connectivity index (χ0) is 19.1. The van der Waals surface area contributed by atoms with E-state index < -0.39 is 0 Å². The van der Waals surface area contributed by atoms with E-state index in [1.54, 1.807) is 11.8 Å². The summed E-state index contributed by atoms with van der Waals surface area (Å²) in [5.41, 5.74) is 5.17. The van der Waals surface area contributed by atoms with E-state index in [1.807, 2.05) is 12.3 Å². The van der Waals surface area contributed by atoms with Gasteiger partial charge in [0.25, 0.3) is 0 Å². The quantitative estimate of drug-likeness (QED) is 0.522. The van der Waals surface area contributed by atoms with Crippen molar-refractivity contribution in [2.75, 3.05) is 6.61 Å². The lowest BCUT2D eigenvalue weighted by atomic mass is 9.47. The van der Waals surface area contributed by atoms with E-state index in [4.69, 9.17) is 9.15 Å². The van der Waals surface area contributed by atoms with Crippen LogP contribution in [-0.2, 0) is 4.74 Å². The highest BCUT2D eigenvalue weighted by Crippen LogP contribution is 2.61. The lowest BCUT2D eigenvalue weighted by molar-refractivity contribution is -0.0476. The molecule has 27 heavy (non-hydrogen) atoms. The van der Waals surface area contributed by atoms with Crippen LogP contribution in [0, 0.1) is 22.7 Å². The highest BCUT2D eigenvalue weighted by Gasteiger charge is 2.52. The summed E-state index contributed by atoms with van der Waals surface area (Å²) in [7, 11) is 0. The fraction of sp³-hybridized carbons (Fsp3) is 0.680. The second kappa shape index (κ2) is 7.28. The number of rotatable bonds is 4. The number of furan rings is 1. The minimum Gasteiger partial charge on any atom is -0.472 e. The predicted octanol–water partition coefficient (Wildman–Crippen LogP) is 7.25. The fourth-order valence-corrected chi connectivity index (χ4v) is 6.24. The Morgan fingerprint density at radius 1 is 1.19 bits per heavy atom. The van der Waals surface area contributed by atoms with Crippen molar-refractivity contribution >= 4 is 0 Å². The fourth-order valence-electron chi connectivity index (χ4n) is 6.24. The molecule has 0 aromatic carbocycles. The van der Waals surface area contributed by atoms with Crippen molar-refractivity contribution < 1.29 is 9.15 Å². The first-order valence-corrected chi connectivity index (χ1v) is 10.9. The molecule has 1 aromatic heterocycles. The van der Waals surface area contributed by atoms with Crippen molar-refractivity contribution in [3.8, 4) is 0 Å². The predicted molar refractivity (Wildman–Crippen MR) is 110 cm³/mol. The first-order valence-electron chi connectivity index (χ1n) is 10.9. The van der Waals surface area contributed by atoms with E-state index in [0.29, 0.717) is 10.8 Å². The summed E-state index contributed by atoms with van der Waals surface area (Å²) >= 11 is 0. The first-order chi connectivity index (χ1) is 12.9. The molecule has 148 valence electrons. The Bertz CT molecular complexity index is 713. The van der Waals surface area contributed by atoms with Crippen molar-refractivity contribution in [2.24, 2.45) is 22.7 Å². The molecule has 0 unspecified atom stereocenters. The molecule has 5 atom stereocenters. The smallest absolute Gasteiger partial charge is 0.0960 e. The maximum atomic E-state index is 6.14. The molecule has 2 aliphatic carbocycles. The summed E-state index contributed by atoms with van der Waals surface area (Å²) in [6.45, 7) is 10.8. The third kappa shape index (κ3) is 3.35. The molecular formula is C25H36O2. The van der Waals surface area contributed by atoms with Gasteiger partial charge in [-0.1, -0.05) is 38.5 Å². The average Bonchev–Trinajstić information content (AvgIpc) is 3.21. The molecule has 1 aliphatic heterocycles. The molecule has 0 saturated heterocycles. The van der Waals surface area contributed by atoms with E-state index >= 15 is 0 Å². The lowest BCUT2D eigenvalue weighted by Crippen LogP contribution is -2.49. The average molecular weight is 369 g/mol. The van der Waals surface area contributed by atoms with Crippen LogP contribution in [0.3, 0.4) is 0 Å². The molecule has 2 nitrogen and oxygen atoms in total. The second-order valence-corrected chi connectivity index (χ2v) is 9.83. The van der Waals surface area contributed by atoms with Gasteiger partial charge in [0.2, 0.25) is 0 Å². The molecule has 1 aromatic rings. The van der Waals surface area contributed by atoms with Crippen LogP contribution in [0.25, 0.3) is 0 Å². The Hall–Kier alpha value is -1.28. The zero-order valence-corrected chi connectivity index (χ0v) is 17.6. The molecule has 0 spiro atoms. The van der Waals surface area contributed by atoms with Crippen molar-refractivity contribution in [2.45, 2.75) is 78.7 Å². The molecule has 4 rings (SSSR count). The molecule has 0 radical (unpaired) electrons. The van der Waals surface area contributed by atoms with Gasteiger partial charge in [-0.05, 0) is 86.2 Å². The Morgan fingerprint density at radius 2 is 2.04 bits per heavy atom. The van der Waals surface area contributed by atoms with E-state index in [9.17, 15) is 0 Å². The number of hydrogen-bond donors (Lipinski definition) is 0. The molecule has 0 amide bonds. The van der Waals surface area contributed by atoms with Crippen LogP contribution in [0.4, 0.5) is 0 Å². The molecule has 0 N–H and O–H groups in total. The number of ether oxygens (including phenoxy) is 1. The third-order valence-corrected chi connectivity index (χ3v) is 8.58. The molecule has 1 fully saturated rings. The SMILES string of the molecule is CC1=CCC[C@@H]2[C@@](C)(CCC3=CC[C@H](c4ccoc4)OC3)[C@@H](C)CC[C@@]12C. The van der Waals surface area contributed by atoms with Gasteiger partial charge in [-0.3, -0.25) is 0 Å². The largest absolute Gasteiger partial charge is 0.472 e. The molecule has 2 heterocycles. The summed E-state index contributed by atoms with van der Waals surface area (Å²) in [5, 5.41) is 0. The monoisotopic (exact) mass is 368 g/mol. The Labute approximate surface area is 165 Å². The Kier molecular flexibility index (Phi) is 5.14. The standard InChI is InChI=1S/C25H36O2/c1-18-6-5-7-23-24(18,3)13-10-19(2)25(23,4)14-11-20-8-9-22(27-16-20)21-12-15-26-17-21/h6,8,12,15,17,19,22-23H,5,7,9-11,13-14,16H2,1-4H3/t19-,22+,23-,24-,25-/m0/s1. The third-order valence-electron chi connectivity index (χ3n) is 8.58. The van der Waals surface area contributed by atoms with E-state index in [0.717, 1.165) is 24.9 Å². The van der Waals surface area contributed by atoms with Crippen LogP contribution < -0.4 is 0 Å². The molecular weight excluding hydrogens is 332 g/mol. The molecule has 0 bridgehead atoms. The van der Waals surface area contributed by atoms with Gasteiger partial charge in [-0.2, -0.15) is 0 Å². The maximum absolute atomic E-state index is 6.14. The van der Waals surface area contributed by atoms with Gasteiger partial charge in [0.05, 0.1) is 25.2 Å². The summed E-state index contributed by atoms with van der Waals surface area (Å²) in [5.74, 6) is 1.63. The van der Waals surface area contributed by atoms with Crippen LogP contribution in [0.2, 0.25) is 0 Å². The van der Waals surface area contributed by atoms with Gasteiger partial charge in [-0.25, -0.2) is 0 Å². The van der Waals surface area contributed by atoms with Gasteiger partial charge in [0.1, 0.15) is 0 Å². The lowest BCUT2D eigenvalue weighted by Gasteiger charge is -2.58. The molecule has 1 saturated carbocycles. The van der Waals surface area contributed by atoms with Crippen molar-refractivity contribution in [1.82, 2.24) is 0 Å². The van der Waals surface area contributed by atoms with Crippen LogP contribution in [0.15, 0.2) is 46.3 Å². The number of hydrogen-bond acceptors (Lipinski definition) is 2. The summed E-state index contributed by atoms with van der Waals surface area (Å²) < 4.78 is 11.4. The number of fused-ring (bicyclic) bond motifs is 1. The van der Waals surface area contributed by atoms with E-state index in [1.165, 1.54) is 49.7 Å². The molecule has 2 heteroatoms. The van der Waals surface area contributed by atoms with Gasteiger partial charge in [-0.15, -0.1) is 0 Å². The van der Waals surface area contributed by atoms with Crippen LogP contribution in [0.1, 0.15) is 84.3 Å². The zero-order valence-electron chi connectivity index (χ0n) is 17.6. The first kappa shape index (κ1) is 19.1. The highest BCUT2D eigenvalue weighted by molar-refractivity contribution is 5.21. The summed E-state index contributed by atoms with van der Waals surface area (Å²) in [6, 6.07) is 2.02. The maximum Gasteiger partial charge on any atom is 0.0960 e. The van der Waals surface area contributed by atoms with E-state index in [-0.39, 0.29) is 6.10 Å². The summed E-state index contributed by atoms with van der Waals surface area (Å²) in [4.78, 5) is 0. The Balaban J connectivity index is 1.44. The minimum absolute atomic E-state index is 0.172. The normalized spacial score (nSPS) is 39.5. The van der Waals surface area contributed by atoms with Crippen molar-refractivity contribution in [3.63, 3.8) is 0 Å². The van der Waals surface area contributed by atoms with Crippen molar-refractivity contribution in [3.05, 3.63) is 47.5 Å². The number of allylic oxidation sites excluding steroid dienone is 2. The van der Waals surface area contributed by atoms with Crippen LogP contribution in [-0.4, -0.2) is 6.61 Å². The van der Waals surface area contributed by atoms with Crippen LogP contribution in [0.5, 0.6) is 0 Å². The van der Waals surface area contributed by atoms with E-state index in [2.05, 4.69) is 39.8 Å². The Morgan fingerprint density at radius 3 is 2.74 bits per heavy atom. The second-order valence-electron chi connectivity index (χ2n) is 9.83. The van der Waals surface area contributed by atoms with Crippen molar-refractivity contribution in [1.29, 1.82) is 0 Å².